The molecule has 0 aliphatic rings. The van der Waals surface area contributed by atoms with Crippen molar-refractivity contribution in [2.24, 2.45) is 5.73 Å². The second-order valence-electron chi connectivity index (χ2n) is 9.84. The van der Waals surface area contributed by atoms with Crippen molar-refractivity contribution in [2.75, 3.05) is 5.32 Å². The van der Waals surface area contributed by atoms with Gasteiger partial charge in [-0.25, -0.2) is 23.3 Å². The molecule has 10 nitrogen and oxygen atoms in total. The second-order valence-corrected chi connectivity index (χ2v) is 10.8. The fourth-order valence-corrected chi connectivity index (χ4v) is 6.03. The van der Waals surface area contributed by atoms with Crippen molar-refractivity contribution >= 4 is 44.7 Å². The number of nitrogens with two attached hydrogens (primary N) is 1. The number of rotatable bonds is 7. The zero-order valence-corrected chi connectivity index (χ0v) is 24.2. The maximum Gasteiger partial charge on any atom is 0.433 e. The zero-order valence-electron chi connectivity index (χ0n) is 23.4. The van der Waals surface area contributed by atoms with Crippen molar-refractivity contribution in [3.8, 4) is 22.4 Å². The number of anilines is 1. The zero-order chi connectivity index (χ0) is 32.2. The minimum absolute atomic E-state index is 0.00733. The normalized spacial score (nSPS) is 12.0. The Morgan fingerprint density at radius 2 is 1.78 bits per heavy atom. The highest BCUT2D eigenvalue weighted by atomic mass is 32.1. The molecule has 1 aromatic carbocycles. The van der Waals surface area contributed by atoms with Crippen molar-refractivity contribution in [1.29, 1.82) is 0 Å². The van der Waals surface area contributed by atoms with E-state index in [1.165, 1.54) is 6.20 Å². The summed E-state index contributed by atoms with van der Waals surface area (Å²) < 4.78 is 72.3. The largest absolute Gasteiger partial charge is 0.433 e. The van der Waals surface area contributed by atoms with Crippen molar-refractivity contribution in [2.45, 2.75) is 33.0 Å². The Kier molecular flexibility index (Phi) is 7.31. The van der Waals surface area contributed by atoms with E-state index in [1.807, 2.05) is 0 Å². The first-order valence-corrected chi connectivity index (χ1v) is 14.1. The summed E-state index contributed by atoms with van der Waals surface area (Å²) >= 11 is 0.575. The number of aromatic nitrogens is 6. The molecule has 0 saturated carbocycles. The standard InChI is InChI=1S/C29H21F5N8O2S/c1-3-41-13(2)16(11-36-41)15-9-20(29(32,33)34)39-28-21(15)22(23(45-28)25(35)43)40-27(44)17-12-37-42-19(24(30)31)10-18(38-26(17)42)14-7-5-4-6-8-14/h4-12,24H,3H2,1-2H3,(H2,35,43)(H,40,44). The van der Waals surface area contributed by atoms with Gasteiger partial charge >= 0.3 is 6.18 Å². The molecule has 0 bridgehead atoms. The number of thiophene rings is 1. The number of alkyl halides is 5. The van der Waals surface area contributed by atoms with Gasteiger partial charge in [-0.15, -0.1) is 11.3 Å². The number of hydrogen-bond donors (Lipinski definition) is 2. The monoisotopic (exact) mass is 640 g/mol. The molecule has 0 saturated heterocycles. The summed E-state index contributed by atoms with van der Waals surface area (Å²) in [6, 6.07) is 10.4. The van der Waals surface area contributed by atoms with E-state index in [2.05, 4.69) is 25.5 Å². The molecule has 45 heavy (non-hydrogen) atoms. The van der Waals surface area contributed by atoms with Gasteiger partial charge in [-0.05, 0) is 31.5 Å². The van der Waals surface area contributed by atoms with Crippen molar-refractivity contribution in [1.82, 2.24) is 29.4 Å². The van der Waals surface area contributed by atoms with Crippen LogP contribution in [0.5, 0.6) is 0 Å². The maximum absolute atomic E-state index is 14.1. The number of hydrogen-bond acceptors (Lipinski definition) is 7. The fraction of sp³-hybridized carbons (Fsp3) is 0.172. The molecule has 16 heteroatoms. The summed E-state index contributed by atoms with van der Waals surface area (Å²) in [5.74, 6) is -1.95. The van der Waals surface area contributed by atoms with Gasteiger partial charge < -0.3 is 11.1 Å². The molecule has 6 rings (SSSR count). The molecular weight excluding hydrogens is 619 g/mol. The summed E-state index contributed by atoms with van der Waals surface area (Å²) in [4.78, 5) is 34.0. The second kappa shape index (κ2) is 11.0. The molecular formula is C29H21F5N8O2S. The quantitative estimate of drug-likeness (QED) is 0.191. The maximum atomic E-state index is 14.1. The van der Waals surface area contributed by atoms with Gasteiger partial charge in [0.2, 0.25) is 0 Å². The Bertz CT molecular complexity index is 2120. The Hall–Kier alpha value is -5.25. The van der Waals surface area contributed by atoms with E-state index in [-0.39, 0.29) is 43.2 Å². The minimum Gasteiger partial charge on any atom is -0.365 e. The Labute approximate surface area is 254 Å². The smallest absolute Gasteiger partial charge is 0.365 e. The van der Waals surface area contributed by atoms with Gasteiger partial charge in [0.05, 0.1) is 23.8 Å². The summed E-state index contributed by atoms with van der Waals surface area (Å²) in [6.45, 7) is 3.90. The van der Waals surface area contributed by atoms with E-state index in [4.69, 9.17) is 5.73 Å². The summed E-state index contributed by atoms with van der Waals surface area (Å²) in [5, 5.41) is 10.8. The lowest BCUT2D eigenvalue weighted by molar-refractivity contribution is -0.140. The lowest BCUT2D eigenvalue weighted by Crippen LogP contribution is -2.17. The van der Waals surface area contributed by atoms with Crippen molar-refractivity contribution in [3.05, 3.63) is 82.4 Å². The molecule has 2 amide bonds. The van der Waals surface area contributed by atoms with Crippen LogP contribution in [0.15, 0.2) is 54.9 Å². The van der Waals surface area contributed by atoms with Gasteiger partial charge in [-0.2, -0.15) is 23.4 Å². The van der Waals surface area contributed by atoms with E-state index >= 15 is 0 Å². The molecule has 0 radical (unpaired) electrons. The molecule has 5 aromatic heterocycles. The highest BCUT2D eigenvalue weighted by Gasteiger charge is 2.36. The van der Waals surface area contributed by atoms with Crippen LogP contribution in [0.2, 0.25) is 0 Å². The Balaban J connectivity index is 1.55. The molecule has 3 N–H and O–H groups in total. The SMILES string of the molecule is CCn1ncc(-c2cc(C(F)(F)F)nc3sc(C(N)=O)c(NC(=O)c4cnn5c(C(F)F)cc(-c6ccccc6)nc45)c23)c1C. The number of carbonyl (C=O) groups is 2. The first-order chi connectivity index (χ1) is 21.4. The molecule has 0 fully saturated rings. The number of carbonyl (C=O) groups excluding carboxylic acids is 2. The van der Waals surface area contributed by atoms with Crippen LogP contribution in [-0.4, -0.2) is 41.2 Å². The van der Waals surface area contributed by atoms with E-state index in [0.717, 1.165) is 22.8 Å². The number of pyridine rings is 1. The first kappa shape index (κ1) is 29.8. The van der Waals surface area contributed by atoms with Crippen LogP contribution in [0.3, 0.4) is 0 Å². The number of primary amides is 1. The van der Waals surface area contributed by atoms with E-state index < -0.39 is 35.8 Å². The van der Waals surface area contributed by atoms with Crippen LogP contribution in [0.4, 0.5) is 27.6 Å². The van der Waals surface area contributed by atoms with Gasteiger partial charge in [0.25, 0.3) is 18.2 Å². The van der Waals surface area contributed by atoms with Crippen molar-refractivity contribution in [3.63, 3.8) is 0 Å². The lowest BCUT2D eigenvalue weighted by Gasteiger charge is -2.12. The Morgan fingerprint density at radius 1 is 1.04 bits per heavy atom. The number of amides is 2. The molecule has 6 aromatic rings. The third-order valence-corrected chi connectivity index (χ3v) is 8.24. The lowest BCUT2D eigenvalue weighted by atomic mass is 10.0. The number of halogens is 5. The molecule has 0 atom stereocenters. The minimum atomic E-state index is -4.83. The number of nitrogens with one attached hydrogen (secondary N) is 1. The molecule has 5 heterocycles. The Morgan fingerprint density at radius 3 is 2.40 bits per heavy atom. The van der Waals surface area contributed by atoms with Gasteiger partial charge in [0.15, 0.2) is 5.65 Å². The predicted molar refractivity (Wildman–Crippen MR) is 156 cm³/mol. The summed E-state index contributed by atoms with van der Waals surface area (Å²) in [6.07, 6.45) is -5.39. The topological polar surface area (TPSA) is 133 Å². The van der Waals surface area contributed by atoms with E-state index in [9.17, 15) is 31.5 Å². The highest BCUT2D eigenvalue weighted by Crippen LogP contribution is 2.44. The number of nitrogens with zero attached hydrogens (tertiary/aromatic N) is 6. The average Bonchev–Trinajstić information content (AvgIpc) is 3.71. The van der Waals surface area contributed by atoms with Crippen LogP contribution >= 0.6 is 11.3 Å². The number of aryl methyl sites for hydroxylation is 1. The predicted octanol–water partition coefficient (Wildman–Crippen LogP) is 6.51. The molecule has 0 aliphatic heterocycles. The third-order valence-electron chi connectivity index (χ3n) is 7.14. The van der Waals surface area contributed by atoms with Gasteiger partial charge in [0, 0.05) is 28.8 Å². The van der Waals surface area contributed by atoms with Crippen LogP contribution in [0, 0.1) is 6.92 Å². The van der Waals surface area contributed by atoms with Crippen LogP contribution in [0.25, 0.3) is 38.2 Å². The molecule has 230 valence electrons. The van der Waals surface area contributed by atoms with Crippen LogP contribution in [-0.2, 0) is 12.7 Å². The van der Waals surface area contributed by atoms with Gasteiger partial charge in [0.1, 0.15) is 26.7 Å². The van der Waals surface area contributed by atoms with Crippen molar-refractivity contribution < 1.29 is 31.5 Å². The average molecular weight is 641 g/mol. The number of fused-ring (bicyclic) bond motifs is 2. The fourth-order valence-electron chi connectivity index (χ4n) is 5.02. The molecule has 0 unspecified atom stereocenters. The van der Waals surface area contributed by atoms with Gasteiger partial charge in [-0.1, -0.05) is 30.3 Å². The van der Waals surface area contributed by atoms with E-state index in [1.54, 1.807) is 48.9 Å². The molecule has 0 spiro atoms. The first-order valence-electron chi connectivity index (χ1n) is 13.3. The van der Waals surface area contributed by atoms with Crippen LogP contribution < -0.4 is 11.1 Å². The van der Waals surface area contributed by atoms with Crippen LogP contribution in [0.1, 0.15) is 50.5 Å². The summed E-state index contributed by atoms with van der Waals surface area (Å²) in [5.41, 5.74) is 4.74. The third kappa shape index (κ3) is 5.16. The highest BCUT2D eigenvalue weighted by molar-refractivity contribution is 7.21. The van der Waals surface area contributed by atoms with Gasteiger partial charge in [-0.3, -0.25) is 14.3 Å². The molecule has 0 aliphatic carbocycles. The number of benzene rings is 1. The summed E-state index contributed by atoms with van der Waals surface area (Å²) in [7, 11) is 0. The van der Waals surface area contributed by atoms with E-state index in [0.29, 0.717) is 34.7 Å².